The smallest absolute Gasteiger partial charge is 0.270 e. The van der Waals surface area contributed by atoms with E-state index in [0.717, 1.165) is 11.3 Å². The second kappa shape index (κ2) is 6.99. The van der Waals surface area contributed by atoms with Gasteiger partial charge in [0.15, 0.2) is 0 Å². The standard InChI is InChI=1S/C19H26N4O/c1-12(2)14-9-7-8-13(3)16(14)22-18-20-11-10-15(21-18)17(24)23-19(4,5)6/h7-12H,1-6H3,(H,23,24)(H,20,21,22). The number of rotatable bonds is 4. The molecule has 5 nitrogen and oxygen atoms in total. The SMILES string of the molecule is Cc1cccc(C(C)C)c1Nc1nccc(C(=O)NC(C)(C)C)n1. The summed E-state index contributed by atoms with van der Waals surface area (Å²) in [5.74, 6) is 0.592. The number of anilines is 2. The lowest BCUT2D eigenvalue weighted by Crippen LogP contribution is -2.41. The fourth-order valence-corrected chi connectivity index (χ4v) is 2.40. The Kier molecular flexibility index (Phi) is 5.22. The average molecular weight is 326 g/mol. The largest absolute Gasteiger partial charge is 0.346 e. The Hall–Kier alpha value is -2.43. The normalized spacial score (nSPS) is 11.5. The Labute approximate surface area is 143 Å². The highest BCUT2D eigenvalue weighted by molar-refractivity contribution is 5.93. The average Bonchev–Trinajstić information content (AvgIpc) is 2.47. The van der Waals surface area contributed by atoms with Gasteiger partial charge in [-0.2, -0.15) is 0 Å². The molecule has 0 aliphatic rings. The first-order chi connectivity index (χ1) is 11.2. The molecule has 0 saturated heterocycles. The van der Waals surface area contributed by atoms with E-state index in [9.17, 15) is 4.79 Å². The number of hydrogen-bond donors (Lipinski definition) is 2. The van der Waals surface area contributed by atoms with Crippen LogP contribution in [0.3, 0.4) is 0 Å². The second-order valence-electron chi connectivity index (χ2n) is 7.29. The maximum atomic E-state index is 12.3. The van der Waals surface area contributed by atoms with Crippen molar-refractivity contribution in [2.45, 2.75) is 53.0 Å². The van der Waals surface area contributed by atoms with Crippen molar-refractivity contribution in [3.63, 3.8) is 0 Å². The van der Waals surface area contributed by atoms with E-state index >= 15 is 0 Å². The number of hydrogen-bond acceptors (Lipinski definition) is 4. The molecule has 0 fully saturated rings. The molecule has 0 aliphatic heterocycles. The van der Waals surface area contributed by atoms with Crippen molar-refractivity contribution in [3.8, 4) is 0 Å². The molecule has 0 radical (unpaired) electrons. The van der Waals surface area contributed by atoms with Crippen LogP contribution in [0.15, 0.2) is 30.5 Å². The van der Waals surface area contributed by atoms with Crippen molar-refractivity contribution < 1.29 is 4.79 Å². The van der Waals surface area contributed by atoms with Crippen molar-refractivity contribution in [3.05, 3.63) is 47.3 Å². The van der Waals surface area contributed by atoms with Gasteiger partial charge in [0, 0.05) is 17.4 Å². The third-order valence-corrected chi connectivity index (χ3v) is 3.54. The van der Waals surface area contributed by atoms with Crippen LogP contribution in [0, 0.1) is 6.92 Å². The fourth-order valence-electron chi connectivity index (χ4n) is 2.40. The van der Waals surface area contributed by atoms with Gasteiger partial charge in [0.25, 0.3) is 5.91 Å². The molecule has 128 valence electrons. The molecular weight excluding hydrogens is 300 g/mol. The third-order valence-electron chi connectivity index (χ3n) is 3.54. The number of nitrogens with one attached hydrogen (secondary N) is 2. The predicted molar refractivity (Wildman–Crippen MR) is 97.8 cm³/mol. The minimum absolute atomic E-state index is 0.207. The Morgan fingerprint density at radius 3 is 2.50 bits per heavy atom. The Morgan fingerprint density at radius 2 is 1.88 bits per heavy atom. The number of nitrogens with zero attached hydrogens (tertiary/aromatic N) is 2. The lowest BCUT2D eigenvalue weighted by Gasteiger charge is -2.20. The molecule has 2 rings (SSSR count). The number of amides is 1. The molecular formula is C19H26N4O. The summed E-state index contributed by atoms with van der Waals surface area (Å²) < 4.78 is 0. The van der Waals surface area contributed by atoms with Gasteiger partial charge in [-0.3, -0.25) is 4.79 Å². The molecule has 0 bridgehead atoms. The Morgan fingerprint density at radius 1 is 1.17 bits per heavy atom. The van der Waals surface area contributed by atoms with E-state index in [1.54, 1.807) is 12.3 Å². The van der Waals surface area contributed by atoms with Gasteiger partial charge >= 0.3 is 0 Å². The maximum Gasteiger partial charge on any atom is 0.270 e. The molecule has 1 amide bonds. The highest BCUT2D eigenvalue weighted by Crippen LogP contribution is 2.29. The summed E-state index contributed by atoms with van der Waals surface area (Å²) in [4.78, 5) is 20.9. The van der Waals surface area contributed by atoms with E-state index in [1.165, 1.54) is 5.56 Å². The highest BCUT2D eigenvalue weighted by Gasteiger charge is 2.17. The molecule has 0 saturated carbocycles. The van der Waals surface area contributed by atoms with Gasteiger partial charge in [-0.25, -0.2) is 9.97 Å². The minimum atomic E-state index is -0.309. The zero-order chi connectivity index (χ0) is 17.9. The van der Waals surface area contributed by atoms with Crippen molar-refractivity contribution in [2.75, 3.05) is 5.32 Å². The van der Waals surface area contributed by atoms with Crippen LogP contribution in [0.2, 0.25) is 0 Å². The van der Waals surface area contributed by atoms with E-state index in [-0.39, 0.29) is 11.4 Å². The zero-order valence-electron chi connectivity index (χ0n) is 15.3. The van der Waals surface area contributed by atoms with Gasteiger partial charge < -0.3 is 10.6 Å². The molecule has 0 aliphatic carbocycles. The van der Waals surface area contributed by atoms with Crippen LogP contribution in [-0.2, 0) is 0 Å². The van der Waals surface area contributed by atoms with E-state index in [0.29, 0.717) is 17.6 Å². The lowest BCUT2D eigenvalue weighted by molar-refractivity contribution is 0.0914. The number of aryl methyl sites for hydroxylation is 1. The van der Waals surface area contributed by atoms with Gasteiger partial charge in [0.05, 0.1) is 0 Å². The molecule has 1 aromatic carbocycles. The van der Waals surface area contributed by atoms with Crippen molar-refractivity contribution in [1.29, 1.82) is 0 Å². The van der Waals surface area contributed by atoms with E-state index in [1.807, 2.05) is 39.8 Å². The molecule has 1 aromatic heterocycles. The summed E-state index contributed by atoms with van der Waals surface area (Å²) in [7, 11) is 0. The van der Waals surface area contributed by atoms with Crippen molar-refractivity contribution in [1.82, 2.24) is 15.3 Å². The molecule has 24 heavy (non-hydrogen) atoms. The van der Waals surface area contributed by atoms with E-state index in [4.69, 9.17) is 0 Å². The number of aromatic nitrogens is 2. The second-order valence-corrected chi connectivity index (χ2v) is 7.29. The topological polar surface area (TPSA) is 66.9 Å². The van der Waals surface area contributed by atoms with Crippen LogP contribution in [0.25, 0.3) is 0 Å². The van der Waals surface area contributed by atoms with Crippen LogP contribution in [0.1, 0.15) is 62.2 Å². The quantitative estimate of drug-likeness (QED) is 0.884. The monoisotopic (exact) mass is 326 g/mol. The van der Waals surface area contributed by atoms with Crippen molar-refractivity contribution in [2.24, 2.45) is 0 Å². The molecule has 2 N–H and O–H groups in total. The van der Waals surface area contributed by atoms with Crippen LogP contribution in [0.5, 0.6) is 0 Å². The minimum Gasteiger partial charge on any atom is -0.346 e. The molecule has 5 heteroatoms. The summed E-state index contributed by atoms with van der Waals surface area (Å²) in [6.07, 6.45) is 1.60. The van der Waals surface area contributed by atoms with Gasteiger partial charge in [-0.1, -0.05) is 32.0 Å². The summed E-state index contributed by atoms with van der Waals surface area (Å²) in [5.41, 5.74) is 3.36. The highest BCUT2D eigenvalue weighted by atomic mass is 16.2. The summed E-state index contributed by atoms with van der Waals surface area (Å²) >= 11 is 0. The van der Waals surface area contributed by atoms with Crippen LogP contribution in [-0.4, -0.2) is 21.4 Å². The van der Waals surface area contributed by atoms with Gasteiger partial charge in [0.1, 0.15) is 5.69 Å². The Balaban J connectivity index is 2.30. The summed E-state index contributed by atoms with van der Waals surface area (Å²) in [6, 6.07) is 7.80. The van der Waals surface area contributed by atoms with Gasteiger partial charge in [0.2, 0.25) is 5.95 Å². The van der Waals surface area contributed by atoms with Crippen LogP contribution in [0.4, 0.5) is 11.6 Å². The van der Waals surface area contributed by atoms with E-state index < -0.39 is 0 Å². The zero-order valence-corrected chi connectivity index (χ0v) is 15.3. The molecule has 0 spiro atoms. The third kappa shape index (κ3) is 4.54. The number of benzene rings is 1. The molecule has 1 heterocycles. The fraction of sp³-hybridized carbons (Fsp3) is 0.421. The first-order valence-corrected chi connectivity index (χ1v) is 8.19. The predicted octanol–water partition coefficient (Wildman–Crippen LogP) is 4.18. The van der Waals surface area contributed by atoms with Gasteiger partial charge in [-0.15, -0.1) is 0 Å². The summed E-state index contributed by atoms with van der Waals surface area (Å²) in [6.45, 7) is 12.2. The van der Waals surface area contributed by atoms with Crippen molar-refractivity contribution >= 4 is 17.5 Å². The van der Waals surface area contributed by atoms with Crippen LogP contribution >= 0.6 is 0 Å². The summed E-state index contributed by atoms with van der Waals surface area (Å²) in [5, 5.41) is 6.19. The van der Waals surface area contributed by atoms with Gasteiger partial charge in [-0.05, 0) is 50.8 Å². The molecule has 0 atom stereocenters. The number of carbonyl (C=O) groups is 1. The number of carbonyl (C=O) groups excluding carboxylic acids is 1. The molecule has 2 aromatic rings. The number of para-hydroxylation sites is 1. The van der Waals surface area contributed by atoms with Crippen LogP contribution < -0.4 is 10.6 Å². The first kappa shape index (κ1) is 17.9. The maximum absolute atomic E-state index is 12.3. The first-order valence-electron chi connectivity index (χ1n) is 8.19. The molecule has 0 unspecified atom stereocenters. The van der Waals surface area contributed by atoms with E-state index in [2.05, 4.69) is 40.5 Å². The Bertz CT molecular complexity index is 732. The lowest BCUT2D eigenvalue weighted by atomic mass is 9.98.